The third-order valence-corrected chi connectivity index (χ3v) is 6.60. The summed E-state index contributed by atoms with van der Waals surface area (Å²) in [7, 11) is -3.76. The number of nitrogens with one attached hydrogen (secondary N) is 1. The fourth-order valence-electron chi connectivity index (χ4n) is 2.69. The van der Waals surface area contributed by atoms with E-state index in [1.165, 1.54) is 6.07 Å². The Morgan fingerprint density at radius 3 is 2.67 bits per heavy atom. The molecule has 0 radical (unpaired) electrons. The van der Waals surface area contributed by atoms with Crippen LogP contribution in [0, 0.1) is 5.41 Å². The van der Waals surface area contributed by atoms with Gasteiger partial charge in [-0.15, -0.1) is 0 Å². The maximum Gasteiger partial charge on any atom is 0.310 e. The number of carboxylic acids is 1. The number of rotatable bonds is 4. The molecule has 1 aliphatic carbocycles. The van der Waals surface area contributed by atoms with Crippen molar-refractivity contribution in [1.29, 1.82) is 0 Å². The van der Waals surface area contributed by atoms with E-state index in [1.807, 2.05) is 0 Å². The summed E-state index contributed by atoms with van der Waals surface area (Å²) in [5, 5.41) is 9.45. The zero-order valence-corrected chi connectivity index (χ0v) is 14.1. The van der Waals surface area contributed by atoms with Crippen molar-refractivity contribution in [2.45, 2.75) is 43.5 Å². The minimum absolute atomic E-state index is 0.128. The van der Waals surface area contributed by atoms with Crippen LogP contribution in [0.15, 0.2) is 33.6 Å². The van der Waals surface area contributed by atoms with Crippen LogP contribution >= 0.6 is 15.9 Å². The van der Waals surface area contributed by atoms with Crippen molar-refractivity contribution in [2.24, 2.45) is 5.41 Å². The Labute approximate surface area is 132 Å². The number of aliphatic carboxylic acids is 1. The largest absolute Gasteiger partial charge is 0.481 e. The predicted octanol–water partition coefficient (Wildman–Crippen LogP) is 2.76. The number of halogens is 1. The molecule has 0 amide bonds. The zero-order chi connectivity index (χ0) is 15.7. The van der Waals surface area contributed by atoms with Crippen LogP contribution in [0.3, 0.4) is 0 Å². The van der Waals surface area contributed by atoms with Crippen molar-refractivity contribution < 1.29 is 18.3 Å². The van der Waals surface area contributed by atoms with Gasteiger partial charge in [-0.3, -0.25) is 4.79 Å². The molecule has 1 fully saturated rings. The van der Waals surface area contributed by atoms with E-state index in [-0.39, 0.29) is 4.90 Å². The fourth-order valence-corrected chi connectivity index (χ4v) is 5.08. The Hall–Kier alpha value is -0.920. The lowest BCUT2D eigenvalue weighted by atomic mass is 9.72. The van der Waals surface area contributed by atoms with Gasteiger partial charge < -0.3 is 5.11 Å². The topological polar surface area (TPSA) is 83.5 Å². The van der Waals surface area contributed by atoms with E-state index in [4.69, 9.17) is 0 Å². The van der Waals surface area contributed by atoms with Crippen molar-refractivity contribution in [3.8, 4) is 0 Å². The molecule has 0 bridgehead atoms. The normalized spacial score (nSPS) is 26.5. The van der Waals surface area contributed by atoms with Crippen molar-refractivity contribution in [3.05, 3.63) is 28.7 Å². The fraction of sp³-hybridized carbons (Fsp3) is 0.500. The van der Waals surface area contributed by atoms with Gasteiger partial charge in [-0.1, -0.05) is 25.0 Å². The van der Waals surface area contributed by atoms with Crippen LogP contribution in [0.2, 0.25) is 0 Å². The average Bonchev–Trinajstić information content (AvgIpc) is 2.41. The summed E-state index contributed by atoms with van der Waals surface area (Å²) in [6.45, 7) is 1.61. The molecule has 1 aromatic rings. The highest BCUT2D eigenvalue weighted by Gasteiger charge is 2.45. The first-order chi connectivity index (χ1) is 9.77. The molecule has 2 rings (SSSR count). The van der Waals surface area contributed by atoms with E-state index < -0.39 is 27.4 Å². The number of hydrogen-bond acceptors (Lipinski definition) is 3. The van der Waals surface area contributed by atoms with Gasteiger partial charge in [0, 0.05) is 10.5 Å². The molecule has 0 aromatic heterocycles. The lowest BCUT2D eigenvalue weighted by molar-refractivity contribution is -0.151. The quantitative estimate of drug-likeness (QED) is 0.847. The highest BCUT2D eigenvalue weighted by molar-refractivity contribution is 9.10. The Morgan fingerprint density at radius 1 is 1.38 bits per heavy atom. The summed E-state index contributed by atoms with van der Waals surface area (Å²) in [6, 6.07) is 5.90. The smallest absolute Gasteiger partial charge is 0.310 e. The molecule has 0 saturated heterocycles. The molecule has 1 aromatic carbocycles. The average molecular weight is 376 g/mol. The lowest BCUT2D eigenvalue weighted by Crippen LogP contribution is -2.52. The number of carboxylic acid groups (broad SMARTS) is 1. The summed E-state index contributed by atoms with van der Waals surface area (Å²) in [6.07, 6.45) is 2.64. The van der Waals surface area contributed by atoms with Gasteiger partial charge in [0.2, 0.25) is 10.0 Å². The second kappa shape index (κ2) is 6.06. The Balaban J connectivity index is 2.31. The third-order valence-electron chi connectivity index (χ3n) is 4.12. The van der Waals surface area contributed by atoms with E-state index in [2.05, 4.69) is 20.7 Å². The second-order valence-electron chi connectivity index (χ2n) is 5.57. The summed E-state index contributed by atoms with van der Waals surface area (Å²) in [5.41, 5.74) is -1.06. The first-order valence-corrected chi connectivity index (χ1v) is 9.05. The summed E-state index contributed by atoms with van der Waals surface area (Å²) >= 11 is 3.22. The molecule has 0 aliphatic heterocycles. The van der Waals surface area contributed by atoms with Crippen LogP contribution in [0.5, 0.6) is 0 Å². The van der Waals surface area contributed by atoms with Crippen molar-refractivity contribution in [2.75, 3.05) is 0 Å². The van der Waals surface area contributed by atoms with Crippen molar-refractivity contribution >= 4 is 31.9 Å². The molecule has 116 valence electrons. The van der Waals surface area contributed by atoms with E-state index in [0.717, 1.165) is 12.8 Å². The van der Waals surface area contributed by atoms with E-state index in [0.29, 0.717) is 17.3 Å². The number of sulfonamides is 1. The molecular weight excluding hydrogens is 358 g/mol. The maximum absolute atomic E-state index is 12.5. The van der Waals surface area contributed by atoms with Crippen LogP contribution in [-0.2, 0) is 14.8 Å². The van der Waals surface area contributed by atoms with E-state index in [9.17, 15) is 18.3 Å². The molecule has 5 nitrogen and oxygen atoms in total. The molecule has 1 aliphatic rings. The molecule has 2 N–H and O–H groups in total. The van der Waals surface area contributed by atoms with Crippen LogP contribution in [0.25, 0.3) is 0 Å². The Morgan fingerprint density at radius 2 is 2.05 bits per heavy atom. The van der Waals surface area contributed by atoms with Gasteiger partial charge in [-0.2, -0.15) is 0 Å². The zero-order valence-electron chi connectivity index (χ0n) is 11.7. The van der Waals surface area contributed by atoms with Gasteiger partial charge >= 0.3 is 5.97 Å². The summed E-state index contributed by atoms with van der Waals surface area (Å²) in [5.74, 6) is -0.956. The second-order valence-corrected chi connectivity index (χ2v) is 8.11. The number of carbonyl (C=O) groups is 1. The number of hydrogen-bond donors (Lipinski definition) is 2. The first-order valence-electron chi connectivity index (χ1n) is 6.77. The van der Waals surface area contributed by atoms with Gasteiger partial charge in [0.25, 0.3) is 0 Å². The molecule has 0 spiro atoms. The van der Waals surface area contributed by atoms with Gasteiger partial charge in [0.1, 0.15) is 0 Å². The van der Waals surface area contributed by atoms with E-state index in [1.54, 1.807) is 25.1 Å². The number of benzene rings is 1. The molecular formula is C14H18BrNO4S. The minimum Gasteiger partial charge on any atom is -0.481 e. The minimum atomic E-state index is -3.76. The molecule has 2 atom stereocenters. The van der Waals surface area contributed by atoms with E-state index >= 15 is 0 Å². The molecule has 7 heteroatoms. The monoisotopic (exact) mass is 375 g/mol. The lowest BCUT2D eigenvalue weighted by Gasteiger charge is -2.38. The van der Waals surface area contributed by atoms with Crippen LogP contribution in [-0.4, -0.2) is 25.5 Å². The SMILES string of the molecule is CC1(C(=O)O)CCCCC1NS(=O)(=O)c1ccccc1Br. The molecule has 21 heavy (non-hydrogen) atoms. The van der Waals surface area contributed by atoms with Crippen molar-refractivity contribution in [3.63, 3.8) is 0 Å². The first kappa shape index (κ1) is 16.5. The van der Waals surface area contributed by atoms with Gasteiger partial charge in [-0.25, -0.2) is 13.1 Å². The van der Waals surface area contributed by atoms with Gasteiger partial charge in [0.05, 0.1) is 10.3 Å². The van der Waals surface area contributed by atoms with Gasteiger partial charge in [-0.05, 0) is 47.8 Å². The standard InChI is InChI=1S/C14H18BrNO4S/c1-14(13(17)18)9-5-4-8-12(14)16-21(19,20)11-7-3-2-6-10(11)15/h2-3,6-7,12,16H,4-5,8-9H2,1H3,(H,17,18). The maximum atomic E-state index is 12.5. The molecule has 1 saturated carbocycles. The van der Waals surface area contributed by atoms with Gasteiger partial charge in [0.15, 0.2) is 0 Å². The van der Waals surface area contributed by atoms with Crippen LogP contribution < -0.4 is 4.72 Å². The molecule has 0 heterocycles. The third kappa shape index (κ3) is 3.30. The highest BCUT2D eigenvalue weighted by Crippen LogP contribution is 2.37. The highest BCUT2D eigenvalue weighted by atomic mass is 79.9. The predicted molar refractivity (Wildman–Crippen MR) is 82.5 cm³/mol. The summed E-state index contributed by atoms with van der Waals surface area (Å²) < 4.78 is 28.0. The molecule has 2 unspecified atom stereocenters. The summed E-state index contributed by atoms with van der Waals surface area (Å²) in [4.78, 5) is 11.7. The Kier molecular flexibility index (Phi) is 4.75. The van der Waals surface area contributed by atoms with Crippen molar-refractivity contribution in [1.82, 2.24) is 4.72 Å². The van der Waals surface area contributed by atoms with Crippen LogP contribution in [0.4, 0.5) is 0 Å². The van der Waals surface area contributed by atoms with Crippen LogP contribution in [0.1, 0.15) is 32.6 Å². The Bertz CT molecular complexity index is 646.